The van der Waals surface area contributed by atoms with Gasteiger partial charge in [-0.15, -0.1) is 0 Å². The highest BCUT2D eigenvalue weighted by Gasteiger charge is 1.88. The first-order chi connectivity index (χ1) is 4.33. The van der Waals surface area contributed by atoms with Gasteiger partial charge in [-0.3, -0.25) is 0 Å². The van der Waals surface area contributed by atoms with Gasteiger partial charge in [-0.05, 0) is 17.7 Å². The fraction of sp³-hybridized carbons (Fsp3) is 0.143. The van der Waals surface area contributed by atoms with Gasteiger partial charge in [0.15, 0.2) is 0 Å². The van der Waals surface area contributed by atoms with Gasteiger partial charge in [0.1, 0.15) is 0 Å². The molecule has 0 unspecified atom stereocenters. The van der Waals surface area contributed by atoms with Crippen molar-refractivity contribution in [3.05, 3.63) is 34.3 Å². The van der Waals surface area contributed by atoms with Crippen LogP contribution in [0.1, 0.15) is 5.56 Å². The van der Waals surface area contributed by atoms with E-state index in [2.05, 4.69) is 56.7 Å². The number of halogens is 2. The third-order valence-electron chi connectivity index (χ3n) is 1.04. The first-order valence-corrected chi connectivity index (χ1v) is 4.95. The fourth-order valence-corrected chi connectivity index (χ4v) is 1.54. The molecule has 0 saturated heterocycles. The van der Waals surface area contributed by atoms with Crippen molar-refractivity contribution in [1.29, 1.82) is 0 Å². The molecule has 0 bridgehead atoms. The van der Waals surface area contributed by atoms with E-state index in [0.29, 0.717) is 0 Å². The Labute approximate surface area is 76.9 Å². The summed E-state index contributed by atoms with van der Waals surface area (Å²) in [5.41, 5.74) is 1.37. The molecule has 1 rings (SSSR count). The number of benzene rings is 1. The highest BCUT2D eigenvalue weighted by molar-refractivity contribution is 14.1. The van der Waals surface area contributed by atoms with Gasteiger partial charge in [-0.1, -0.05) is 50.7 Å². The average molecular weight is 297 g/mol. The molecule has 0 aromatic heterocycles. The maximum atomic E-state index is 3.40. The van der Waals surface area contributed by atoms with Gasteiger partial charge in [-0.25, -0.2) is 0 Å². The third-order valence-corrected chi connectivity index (χ3v) is 2.42. The molecule has 0 aliphatic heterocycles. The normalized spacial score (nSPS) is 9.56. The lowest BCUT2D eigenvalue weighted by Gasteiger charge is -1.93. The minimum atomic E-state index is 1.08. The first-order valence-electron chi connectivity index (χ1n) is 2.63. The highest BCUT2D eigenvalue weighted by Crippen LogP contribution is 2.13. The quantitative estimate of drug-likeness (QED) is 0.550. The summed E-state index contributed by atoms with van der Waals surface area (Å²) in [4.78, 5) is 0. The first kappa shape index (κ1) is 7.54. The van der Waals surface area contributed by atoms with Crippen molar-refractivity contribution in [3.8, 4) is 0 Å². The summed E-state index contributed by atoms with van der Waals surface area (Å²) < 4.78 is 2.24. The second kappa shape index (κ2) is 3.56. The van der Waals surface area contributed by atoms with Crippen LogP contribution in [0, 0.1) is 0 Å². The molecule has 48 valence electrons. The van der Waals surface area contributed by atoms with Crippen LogP contribution in [-0.4, -0.2) is 0 Å². The van der Waals surface area contributed by atoms with E-state index in [1.807, 2.05) is 6.07 Å². The smallest absolute Gasteiger partial charge is 0.0247 e. The summed E-state index contributed by atoms with van der Waals surface area (Å²) in [7, 11) is 0. The van der Waals surface area contributed by atoms with E-state index >= 15 is 0 Å². The van der Waals surface area contributed by atoms with Gasteiger partial charge in [0.25, 0.3) is 0 Å². The van der Waals surface area contributed by atoms with E-state index in [1.165, 1.54) is 5.56 Å². The predicted molar refractivity (Wildman–Crippen MR) is 51.9 cm³/mol. The second-order valence-electron chi connectivity index (χ2n) is 1.76. The zero-order valence-corrected chi connectivity index (χ0v) is 8.52. The number of hydrogen-bond acceptors (Lipinski definition) is 0. The van der Waals surface area contributed by atoms with Gasteiger partial charge < -0.3 is 0 Å². The zero-order chi connectivity index (χ0) is 6.69. The molecule has 0 spiro atoms. The van der Waals surface area contributed by atoms with Crippen LogP contribution in [0.2, 0.25) is 0 Å². The standard InChI is InChI=1S/C7H6BrI/c8-7-3-1-2-6(4-7)5-9/h1-4H,5H2. The fourth-order valence-electron chi connectivity index (χ4n) is 0.620. The molecule has 0 heterocycles. The van der Waals surface area contributed by atoms with Crippen LogP contribution < -0.4 is 0 Å². The maximum absolute atomic E-state index is 3.40. The molecule has 1 aromatic rings. The van der Waals surface area contributed by atoms with Gasteiger partial charge >= 0.3 is 0 Å². The Hall–Kier alpha value is 0.430. The summed E-state index contributed by atoms with van der Waals surface area (Å²) in [6.07, 6.45) is 0. The molecule has 0 amide bonds. The number of rotatable bonds is 1. The van der Waals surface area contributed by atoms with Gasteiger partial charge in [-0.2, -0.15) is 0 Å². The van der Waals surface area contributed by atoms with Crippen molar-refractivity contribution < 1.29 is 0 Å². The van der Waals surface area contributed by atoms with E-state index in [1.54, 1.807) is 0 Å². The maximum Gasteiger partial charge on any atom is 0.0247 e. The van der Waals surface area contributed by atoms with Crippen LogP contribution in [0.5, 0.6) is 0 Å². The molecule has 0 nitrogen and oxygen atoms in total. The van der Waals surface area contributed by atoms with Crippen molar-refractivity contribution >= 4 is 38.5 Å². The van der Waals surface area contributed by atoms with Crippen LogP contribution in [0.15, 0.2) is 28.7 Å². The minimum absolute atomic E-state index is 1.08. The van der Waals surface area contributed by atoms with Crippen LogP contribution >= 0.6 is 38.5 Å². The summed E-state index contributed by atoms with van der Waals surface area (Å²) in [5.74, 6) is 0. The lowest BCUT2D eigenvalue weighted by molar-refractivity contribution is 1.44. The number of hydrogen-bond donors (Lipinski definition) is 0. The Morgan fingerprint density at radius 2 is 2.22 bits per heavy atom. The zero-order valence-electron chi connectivity index (χ0n) is 4.77. The molecule has 9 heavy (non-hydrogen) atoms. The van der Waals surface area contributed by atoms with Crippen molar-refractivity contribution in [1.82, 2.24) is 0 Å². The molecule has 0 radical (unpaired) electrons. The third kappa shape index (κ3) is 2.26. The highest BCUT2D eigenvalue weighted by atomic mass is 127. The van der Waals surface area contributed by atoms with Crippen LogP contribution in [0.4, 0.5) is 0 Å². The SMILES string of the molecule is Brc1cccc(CI)c1. The van der Waals surface area contributed by atoms with E-state index in [0.717, 1.165) is 8.90 Å². The average Bonchev–Trinajstić information content (AvgIpc) is 1.88. The number of alkyl halides is 1. The van der Waals surface area contributed by atoms with Crippen molar-refractivity contribution in [2.24, 2.45) is 0 Å². The second-order valence-corrected chi connectivity index (χ2v) is 3.44. The Morgan fingerprint density at radius 1 is 1.44 bits per heavy atom. The van der Waals surface area contributed by atoms with E-state index in [9.17, 15) is 0 Å². The molecule has 0 N–H and O–H groups in total. The summed E-state index contributed by atoms with van der Waals surface area (Å²) in [6.45, 7) is 0. The molecule has 0 atom stereocenters. The molecular weight excluding hydrogens is 291 g/mol. The van der Waals surface area contributed by atoms with Crippen molar-refractivity contribution in [2.75, 3.05) is 0 Å². The molecule has 0 saturated carbocycles. The molecule has 2 heteroatoms. The summed E-state index contributed by atoms with van der Waals surface area (Å²) in [5, 5.41) is 0. The Morgan fingerprint density at radius 3 is 2.67 bits per heavy atom. The molecule has 0 aliphatic carbocycles. The minimum Gasteiger partial charge on any atom is -0.0812 e. The molecule has 0 aliphatic rings. The lowest BCUT2D eigenvalue weighted by Crippen LogP contribution is -1.73. The largest absolute Gasteiger partial charge is 0.0812 e. The Kier molecular flexibility index (Phi) is 2.98. The lowest BCUT2D eigenvalue weighted by atomic mass is 10.2. The topological polar surface area (TPSA) is 0 Å². The molecule has 1 aromatic carbocycles. The predicted octanol–water partition coefficient (Wildman–Crippen LogP) is 3.38. The van der Waals surface area contributed by atoms with Gasteiger partial charge in [0.05, 0.1) is 0 Å². The van der Waals surface area contributed by atoms with Crippen LogP contribution in [-0.2, 0) is 4.43 Å². The van der Waals surface area contributed by atoms with Gasteiger partial charge in [0.2, 0.25) is 0 Å². The monoisotopic (exact) mass is 296 g/mol. The van der Waals surface area contributed by atoms with Gasteiger partial charge in [0, 0.05) is 8.90 Å². The van der Waals surface area contributed by atoms with Crippen LogP contribution in [0.25, 0.3) is 0 Å². The van der Waals surface area contributed by atoms with Crippen LogP contribution in [0.3, 0.4) is 0 Å². The molecule has 0 fully saturated rings. The van der Waals surface area contributed by atoms with E-state index in [-0.39, 0.29) is 0 Å². The summed E-state index contributed by atoms with van der Waals surface area (Å²) in [6, 6.07) is 8.34. The van der Waals surface area contributed by atoms with E-state index < -0.39 is 0 Å². The summed E-state index contributed by atoms with van der Waals surface area (Å²) >= 11 is 5.75. The van der Waals surface area contributed by atoms with Crippen molar-refractivity contribution in [3.63, 3.8) is 0 Å². The Balaban J connectivity index is 2.94. The molecular formula is C7H6BrI. The van der Waals surface area contributed by atoms with E-state index in [4.69, 9.17) is 0 Å². The Bertz CT molecular complexity index is 198. The van der Waals surface area contributed by atoms with Crippen molar-refractivity contribution in [2.45, 2.75) is 4.43 Å².